The largest absolute Gasteiger partial charge is 0.483 e. The van der Waals surface area contributed by atoms with Crippen LogP contribution in [0.5, 0.6) is 5.75 Å². The molecule has 1 saturated heterocycles. The van der Waals surface area contributed by atoms with E-state index in [1.54, 1.807) is 24.5 Å². The molecule has 3 atom stereocenters. The molecule has 2 unspecified atom stereocenters. The number of carbonyl (C=O) groups is 1. The molecule has 1 saturated carbocycles. The standard InChI is InChI=1S/C25H22F2N6O2/c26-25(27)13-30-7-5-22(25)35-21-4-3-15(8-17(21)11-28)20-10-23(32-14-31-20)33-24(34)19-9-18(19)16-2-1-6-29-12-16/h1-4,6,8,10,12,14,18-19,22,30H,5,7,9,13H2,(H,31,32,33,34)/t18?,19?,22-/m0/s1. The monoisotopic (exact) mass is 476 g/mol. The van der Waals surface area contributed by atoms with Crippen molar-refractivity contribution < 1.29 is 18.3 Å². The smallest absolute Gasteiger partial charge is 0.296 e. The molecule has 5 rings (SSSR count). The van der Waals surface area contributed by atoms with Gasteiger partial charge in [-0.1, -0.05) is 6.07 Å². The number of alkyl halides is 2. The van der Waals surface area contributed by atoms with E-state index < -0.39 is 18.6 Å². The van der Waals surface area contributed by atoms with Crippen LogP contribution in [0.1, 0.15) is 29.9 Å². The van der Waals surface area contributed by atoms with E-state index >= 15 is 0 Å². The Balaban J connectivity index is 1.29. The van der Waals surface area contributed by atoms with E-state index in [0.717, 1.165) is 12.0 Å². The Morgan fingerprint density at radius 1 is 1.26 bits per heavy atom. The maximum Gasteiger partial charge on any atom is 0.296 e. The zero-order chi connectivity index (χ0) is 24.4. The van der Waals surface area contributed by atoms with Crippen LogP contribution in [-0.4, -0.2) is 46.0 Å². The van der Waals surface area contributed by atoms with Crippen LogP contribution in [0.15, 0.2) is 55.1 Å². The maximum absolute atomic E-state index is 14.1. The fraction of sp³-hybridized carbons (Fsp3) is 0.320. The summed E-state index contributed by atoms with van der Waals surface area (Å²) < 4.78 is 33.8. The minimum Gasteiger partial charge on any atom is -0.483 e. The molecule has 1 aliphatic carbocycles. The molecule has 0 spiro atoms. The number of rotatable bonds is 6. The molecule has 3 heterocycles. The predicted molar refractivity (Wildman–Crippen MR) is 123 cm³/mol. The lowest BCUT2D eigenvalue weighted by molar-refractivity contribution is -0.117. The molecule has 35 heavy (non-hydrogen) atoms. The Morgan fingerprint density at radius 3 is 2.91 bits per heavy atom. The van der Waals surface area contributed by atoms with E-state index in [9.17, 15) is 18.8 Å². The number of pyridine rings is 1. The number of hydrogen-bond donors (Lipinski definition) is 2. The summed E-state index contributed by atoms with van der Waals surface area (Å²) in [4.78, 5) is 25.1. The van der Waals surface area contributed by atoms with Gasteiger partial charge in [0, 0.05) is 36.4 Å². The average Bonchev–Trinajstić information content (AvgIpc) is 3.67. The Kier molecular flexibility index (Phi) is 6.09. The first-order valence-corrected chi connectivity index (χ1v) is 11.3. The third-order valence-corrected chi connectivity index (χ3v) is 6.24. The van der Waals surface area contributed by atoms with Gasteiger partial charge in [-0.25, -0.2) is 18.7 Å². The van der Waals surface area contributed by atoms with E-state index in [4.69, 9.17) is 4.74 Å². The summed E-state index contributed by atoms with van der Waals surface area (Å²) in [6.45, 7) is -0.0452. The van der Waals surface area contributed by atoms with Gasteiger partial charge in [0.05, 0.1) is 17.8 Å². The number of ether oxygens (including phenoxy) is 1. The van der Waals surface area contributed by atoms with Crippen LogP contribution in [-0.2, 0) is 4.79 Å². The van der Waals surface area contributed by atoms with E-state index in [1.807, 2.05) is 18.2 Å². The molecule has 8 nitrogen and oxygen atoms in total. The van der Waals surface area contributed by atoms with Gasteiger partial charge in [-0.15, -0.1) is 0 Å². The number of amides is 1. The number of carbonyl (C=O) groups excluding carboxylic acids is 1. The summed E-state index contributed by atoms with van der Waals surface area (Å²) in [5.41, 5.74) is 2.21. The molecule has 10 heteroatoms. The van der Waals surface area contributed by atoms with Crippen LogP contribution in [0.3, 0.4) is 0 Å². The van der Waals surface area contributed by atoms with Crippen molar-refractivity contribution in [2.45, 2.75) is 30.8 Å². The number of benzene rings is 1. The van der Waals surface area contributed by atoms with Crippen molar-refractivity contribution in [1.82, 2.24) is 20.3 Å². The van der Waals surface area contributed by atoms with Crippen LogP contribution >= 0.6 is 0 Å². The van der Waals surface area contributed by atoms with E-state index in [0.29, 0.717) is 23.6 Å². The fourth-order valence-corrected chi connectivity index (χ4v) is 4.24. The van der Waals surface area contributed by atoms with Crippen molar-refractivity contribution in [1.29, 1.82) is 5.26 Å². The Labute approximate surface area is 200 Å². The summed E-state index contributed by atoms with van der Waals surface area (Å²) in [7, 11) is 0. The summed E-state index contributed by atoms with van der Waals surface area (Å²) in [6, 6.07) is 12.1. The van der Waals surface area contributed by atoms with Gasteiger partial charge in [-0.05, 0) is 48.7 Å². The molecule has 0 bridgehead atoms. The third kappa shape index (κ3) is 4.95. The number of piperidine rings is 1. The van der Waals surface area contributed by atoms with Crippen LogP contribution in [0.2, 0.25) is 0 Å². The van der Waals surface area contributed by atoms with Gasteiger partial charge in [-0.3, -0.25) is 9.78 Å². The Bertz CT molecular complexity index is 1280. The van der Waals surface area contributed by atoms with Crippen molar-refractivity contribution in [3.8, 4) is 23.1 Å². The maximum atomic E-state index is 14.1. The molecule has 1 amide bonds. The number of aromatic nitrogens is 3. The predicted octanol–water partition coefficient (Wildman–Crippen LogP) is 3.53. The number of nitrogens with zero attached hydrogens (tertiary/aromatic N) is 4. The second kappa shape index (κ2) is 9.35. The highest BCUT2D eigenvalue weighted by Gasteiger charge is 2.44. The quantitative estimate of drug-likeness (QED) is 0.560. The van der Waals surface area contributed by atoms with Crippen LogP contribution in [0.25, 0.3) is 11.3 Å². The molecular weight excluding hydrogens is 454 g/mol. The SMILES string of the molecule is N#Cc1cc(-c2cc(NC(=O)C3CC3c3cccnc3)ncn2)ccc1O[C@H]1CCNCC1(F)F. The van der Waals surface area contributed by atoms with Crippen molar-refractivity contribution in [3.63, 3.8) is 0 Å². The normalized spacial score (nSPS) is 22.6. The lowest BCUT2D eigenvalue weighted by Gasteiger charge is -2.32. The lowest BCUT2D eigenvalue weighted by Crippen LogP contribution is -2.52. The van der Waals surface area contributed by atoms with Gasteiger partial charge < -0.3 is 15.4 Å². The molecule has 2 aliphatic rings. The molecule has 1 aromatic carbocycles. The minimum atomic E-state index is -3.03. The third-order valence-electron chi connectivity index (χ3n) is 6.24. The summed E-state index contributed by atoms with van der Waals surface area (Å²) >= 11 is 0. The summed E-state index contributed by atoms with van der Waals surface area (Å²) in [5.74, 6) is -2.73. The Morgan fingerprint density at radius 2 is 2.14 bits per heavy atom. The first-order chi connectivity index (χ1) is 16.9. The number of nitrogens with one attached hydrogen (secondary N) is 2. The Hall–Kier alpha value is -3.97. The van der Waals surface area contributed by atoms with Crippen LogP contribution in [0.4, 0.5) is 14.6 Å². The highest BCUT2D eigenvalue weighted by molar-refractivity contribution is 5.94. The lowest BCUT2D eigenvalue weighted by atomic mass is 10.0. The van der Waals surface area contributed by atoms with Crippen molar-refractivity contribution in [3.05, 3.63) is 66.2 Å². The highest BCUT2D eigenvalue weighted by atomic mass is 19.3. The molecule has 178 valence electrons. The molecule has 2 aromatic heterocycles. The summed E-state index contributed by atoms with van der Waals surface area (Å²) in [5, 5.41) is 15.1. The zero-order valence-electron chi connectivity index (χ0n) is 18.6. The van der Waals surface area contributed by atoms with Gasteiger partial charge >= 0.3 is 0 Å². The second-order valence-corrected chi connectivity index (χ2v) is 8.67. The second-order valence-electron chi connectivity index (χ2n) is 8.67. The fourth-order valence-electron chi connectivity index (χ4n) is 4.24. The molecule has 3 aromatic rings. The van der Waals surface area contributed by atoms with Gasteiger partial charge in [0.2, 0.25) is 5.91 Å². The highest BCUT2D eigenvalue weighted by Crippen LogP contribution is 2.47. The van der Waals surface area contributed by atoms with Crippen molar-refractivity contribution in [2.75, 3.05) is 18.4 Å². The van der Waals surface area contributed by atoms with E-state index in [2.05, 4.69) is 25.6 Å². The minimum absolute atomic E-state index is 0.0978. The summed E-state index contributed by atoms with van der Waals surface area (Å²) in [6.07, 6.45) is 4.37. The van der Waals surface area contributed by atoms with Gasteiger partial charge in [0.25, 0.3) is 5.92 Å². The van der Waals surface area contributed by atoms with Gasteiger partial charge in [-0.2, -0.15) is 5.26 Å². The first kappa shape index (κ1) is 22.8. The van der Waals surface area contributed by atoms with E-state index in [-0.39, 0.29) is 35.5 Å². The molecule has 2 N–H and O–H groups in total. The number of anilines is 1. The topological polar surface area (TPSA) is 113 Å². The van der Waals surface area contributed by atoms with E-state index in [1.165, 1.54) is 18.5 Å². The first-order valence-electron chi connectivity index (χ1n) is 11.3. The van der Waals surface area contributed by atoms with Crippen molar-refractivity contribution >= 4 is 11.7 Å². The zero-order valence-corrected chi connectivity index (χ0v) is 18.6. The molecule has 1 aliphatic heterocycles. The number of nitriles is 1. The van der Waals surface area contributed by atoms with Crippen LogP contribution in [0, 0.1) is 17.2 Å². The number of halogens is 2. The molecule has 0 radical (unpaired) electrons. The molecule has 2 fully saturated rings. The van der Waals surface area contributed by atoms with Gasteiger partial charge in [0.1, 0.15) is 24.0 Å². The van der Waals surface area contributed by atoms with Gasteiger partial charge in [0.15, 0.2) is 6.10 Å². The number of hydrogen-bond acceptors (Lipinski definition) is 7. The average molecular weight is 476 g/mol. The van der Waals surface area contributed by atoms with Crippen molar-refractivity contribution in [2.24, 2.45) is 5.92 Å². The molecular formula is C25H22F2N6O2. The van der Waals surface area contributed by atoms with Crippen LogP contribution < -0.4 is 15.4 Å².